The van der Waals surface area contributed by atoms with Crippen molar-refractivity contribution in [2.24, 2.45) is 0 Å². The topological polar surface area (TPSA) is 106 Å². The second kappa shape index (κ2) is 6.03. The van der Waals surface area contributed by atoms with Crippen LogP contribution < -0.4 is 10.5 Å². The molecule has 1 heterocycles. The van der Waals surface area contributed by atoms with Gasteiger partial charge in [0.15, 0.2) is 0 Å². The molecule has 0 radical (unpaired) electrons. The molecule has 0 bridgehead atoms. The summed E-state index contributed by atoms with van der Waals surface area (Å²) < 4.78 is 30.7. The van der Waals surface area contributed by atoms with Gasteiger partial charge >= 0.3 is 0 Å². The largest absolute Gasteiger partial charge is 0.477 e. The lowest BCUT2D eigenvalue weighted by molar-refractivity contribution is 0.325. The monoisotopic (exact) mass is 317 g/mol. The van der Waals surface area contributed by atoms with E-state index in [-0.39, 0.29) is 32.6 Å². The van der Waals surface area contributed by atoms with Crippen molar-refractivity contribution in [2.45, 2.75) is 23.6 Å². The molecule has 0 fully saturated rings. The first kappa shape index (κ1) is 15.8. The molecule has 0 aliphatic carbocycles. The smallest absolute Gasteiger partial charge is 0.233 e. The summed E-state index contributed by atoms with van der Waals surface area (Å²) in [5.41, 5.74) is 6.13. The maximum absolute atomic E-state index is 12.7. The average molecular weight is 317 g/mol. The number of aromatic nitrogens is 1. The number of nitrogen functional groups attached to an aromatic ring is 1. The molecule has 7 heteroatoms. The second-order valence-corrected chi connectivity index (χ2v) is 6.38. The van der Waals surface area contributed by atoms with Crippen molar-refractivity contribution >= 4 is 15.7 Å². The van der Waals surface area contributed by atoms with E-state index in [1.165, 1.54) is 19.1 Å². The highest BCUT2D eigenvalue weighted by atomic mass is 32.2. The number of sulfone groups is 1. The van der Waals surface area contributed by atoms with Crippen LogP contribution in [0.4, 0.5) is 5.82 Å². The van der Waals surface area contributed by atoms with Crippen LogP contribution in [0.5, 0.6) is 5.88 Å². The third kappa shape index (κ3) is 2.61. The van der Waals surface area contributed by atoms with Crippen molar-refractivity contribution in [2.75, 3.05) is 12.3 Å². The van der Waals surface area contributed by atoms with Crippen LogP contribution in [0.15, 0.2) is 40.1 Å². The lowest BCUT2D eigenvalue weighted by Gasteiger charge is -2.14. The van der Waals surface area contributed by atoms with Crippen LogP contribution in [0, 0.1) is 18.3 Å². The van der Waals surface area contributed by atoms with Crippen molar-refractivity contribution in [3.05, 3.63) is 41.5 Å². The van der Waals surface area contributed by atoms with Crippen LogP contribution >= 0.6 is 0 Å². The summed E-state index contributed by atoms with van der Waals surface area (Å²) in [7, 11) is -3.86. The van der Waals surface area contributed by atoms with Crippen LogP contribution in [-0.4, -0.2) is 20.0 Å². The van der Waals surface area contributed by atoms with Gasteiger partial charge in [0.1, 0.15) is 22.3 Å². The average Bonchev–Trinajstić information content (AvgIpc) is 2.48. The predicted octanol–water partition coefficient (Wildman–Crippen LogP) is 2.08. The number of benzene rings is 1. The molecule has 0 saturated carbocycles. The summed E-state index contributed by atoms with van der Waals surface area (Å²) in [6.45, 7) is 3.56. The van der Waals surface area contributed by atoms with E-state index in [4.69, 9.17) is 10.5 Å². The minimum atomic E-state index is -3.86. The molecule has 0 saturated heterocycles. The summed E-state index contributed by atoms with van der Waals surface area (Å²) in [5.74, 6) is -0.129. The highest BCUT2D eigenvalue weighted by molar-refractivity contribution is 7.91. The molecular formula is C15H15N3O3S. The van der Waals surface area contributed by atoms with Gasteiger partial charge in [0.25, 0.3) is 0 Å². The molecule has 0 unspecified atom stereocenters. The number of nitriles is 1. The fraction of sp³-hybridized carbons (Fsp3) is 0.200. The van der Waals surface area contributed by atoms with Crippen LogP contribution in [0.25, 0.3) is 0 Å². The number of pyridine rings is 1. The number of hydrogen-bond acceptors (Lipinski definition) is 6. The number of hydrogen-bond donors (Lipinski definition) is 1. The first-order valence-electron chi connectivity index (χ1n) is 6.56. The van der Waals surface area contributed by atoms with E-state index in [1.807, 2.05) is 6.07 Å². The maximum Gasteiger partial charge on any atom is 0.233 e. The fourth-order valence-corrected chi connectivity index (χ4v) is 3.69. The number of ether oxygens (including phenoxy) is 1. The van der Waals surface area contributed by atoms with E-state index in [0.717, 1.165) is 0 Å². The van der Waals surface area contributed by atoms with Gasteiger partial charge in [-0.05, 0) is 31.5 Å². The Balaban J connectivity index is 2.75. The summed E-state index contributed by atoms with van der Waals surface area (Å²) in [4.78, 5) is 3.88. The van der Waals surface area contributed by atoms with Gasteiger partial charge in [-0.1, -0.05) is 18.2 Å². The lowest BCUT2D eigenvalue weighted by atomic mass is 10.1. The van der Waals surface area contributed by atoms with Crippen molar-refractivity contribution < 1.29 is 13.2 Å². The Kier molecular flexibility index (Phi) is 4.33. The highest BCUT2D eigenvalue weighted by Crippen LogP contribution is 2.33. The third-order valence-corrected chi connectivity index (χ3v) is 5.04. The maximum atomic E-state index is 12.7. The van der Waals surface area contributed by atoms with Gasteiger partial charge in [0.05, 0.1) is 11.5 Å². The third-order valence-electron chi connectivity index (χ3n) is 3.10. The lowest BCUT2D eigenvalue weighted by Crippen LogP contribution is -2.12. The van der Waals surface area contributed by atoms with Gasteiger partial charge in [0.2, 0.25) is 15.7 Å². The zero-order valence-corrected chi connectivity index (χ0v) is 13.0. The quantitative estimate of drug-likeness (QED) is 0.925. The van der Waals surface area contributed by atoms with Gasteiger partial charge in [-0.25, -0.2) is 8.42 Å². The molecule has 2 N–H and O–H groups in total. The second-order valence-electron chi connectivity index (χ2n) is 4.49. The number of rotatable bonds is 4. The molecular weight excluding hydrogens is 302 g/mol. The number of anilines is 1. The van der Waals surface area contributed by atoms with Crippen LogP contribution in [-0.2, 0) is 9.84 Å². The molecule has 114 valence electrons. The van der Waals surface area contributed by atoms with E-state index in [9.17, 15) is 13.7 Å². The Bertz CT molecular complexity index is 841. The SMILES string of the molecule is CCOc1nc(N)c(S(=O)(=O)c2ccccc2)c(C)c1C#N. The summed E-state index contributed by atoms with van der Waals surface area (Å²) in [6.07, 6.45) is 0. The van der Waals surface area contributed by atoms with Gasteiger partial charge in [0, 0.05) is 0 Å². The van der Waals surface area contributed by atoms with Crippen molar-refractivity contribution in [3.8, 4) is 11.9 Å². The van der Waals surface area contributed by atoms with E-state index < -0.39 is 9.84 Å². The minimum absolute atomic E-state index is 0.0482. The highest BCUT2D eigenvalue weighted by Gasteiger charge is 2.27. The van der Waals surface area contributed by atoms with E-state index in [1.54, 1.807) is 25.1 Å². The van der Waals surface area contributed by atoms with E-state index in [2.05, 4.69) is 4.98 Å². The van der Waals surface area contributed by atoms with Gasteiger partial charge in [-0.15, -0.1) is 0 Å². The molecule has 0 aliphatic rings. The van der Waals surface area contributed by atoms with Crippen molar-refractivity contribution in [1.29, 1.82) is 5.26 Å². The van der Waals surface area contributed by atoms with Crippen molar-refractivity contribution in [3.63, 3.8) is 0 Å². The molecule has 1 aromatic heterocycles. The van der Waals surface area contributed by atoms with Crippen LogP contribution in [0.2, 0.25) is 0 Å². The summed E-state index contributed by atoms with van der Waals surface area (Å²) in [6, 6.07) is 9.82. The molecule has 0 spiro atoms. The standard InChI is InChI=1S/C15H15N3O3S/c1-3-21-15-12(9-16)10(2)13(14(17)18-15)22(19,20)11-7-5-4-6-8-11/h4-8H,3H2,1-2H3,(H2,17,18). The summed E-state index contributed by atoms with van der Waals surface area (Å²) >= 11 is 0. The fourth-order valence-electron chi connectivity index (χ4n) is 2.11. The zero-order valence-electron chi connectivity index (χ0n) is 12.2. The molecule has 0 aliphatic heterocycles. The molecule has 6 nitrogen and oxygen atoms in total. The molecule has 0 amide bonds. The van der Waals surface area contributed by atoms with E-state index in [0.29, 0.717) is 6.61 Å². The number of nitrogens with two attached hydrogens (primary N) is 1. The first-order chi connectivity index (χ1) is 10.4. The normalized spacial score (nSPS) is 11.0. The summed E-state index contributed by atoms with van der Waals surface area (Å²) in [5, 5.41) is 9.27. The molecule has 1 aromatic carbocycles. The minimum Gasteiger partial charge on any atom is -0.477 e. The van der Waals surface area contributed by atoms with Gasteiger partial charge < -0.3 is 10.5 Å². The molecule has 2 aromatic rings. The Hall–Kier alpha value is -2.59. The molecule has 2 rings (SSSR count). The van der Waals surface area contributed by atoms with Crippen molar-refractivity contribution in [1.82, 2.24) is 4.98 Å². The predicted molar refractivity (Wildman–Crippen MR) is 81.2 cm³/mol. The Morgan fingerprint density at radius 2 is 1.95 bits per heavy atom. The Labute approximate surface area is 129 Å². The Morgan fingerprint density at radius 3 is 2.50 bits per heavy atom. The van der Waals surface area contributed by atoms with Gasteiger partial charge in [-0.3, -0.25) is 0 Å². The van der Waals surface area contributed by atoms with E-state index >= 15 is 0 Å². The number of nitrogens with zero attached hydrogens (tertiary/aromatic N) is 2. The molecule has 0 atom stereocenters. The Morgan fingerprint density at radius 1 is 1.32 bits per heavy atom. The van der Waals surface area contributed by atoms with Crippen LogP contribution in [0.3, 0.4) is 0 Å². The van der Waals surface area contributed by atoms with Crippen LogP contribution in [0.1, 0.15) is 18.1 Å². The zero-order chi connectivity index (χ0) is 16.3. The molecule has 22 heavy (non-hydrogen) atoms. The van der Waals surface area contributed by atoms with Gasteiger partial charge in [-0.2, -0.15) is 10.2 Å². The first-order valence-corrected chi connectivity index (χ1v) is 8.04.